The lowest BCUT2D eigenvalue weighted by atomic mass is 10.3. The van der Waals surface area contributed by atoms with Crippen molar-refractivity contribution >= 4 is 0 Å². The SMILES string of the molecule is C[C@H](N)c1cn(-c2ccc(F)cc2)cn1. The van der Waals surface area contributed by atoms with Gasteiger partial charge in [0.05, 0.1) is 12.0 Å². The highest BCUT2D eigenvalue weighted by molar-refractivity contribution is 5.32. The van der Waals surface area contributed by atoms with Gasteiger partial charge in [-0.05, 0) is 31.2 Å². The molecule has 3 nitrogen and oxygen atoms in total. The molecule has 1 atom stereocenters. The fourth-order valence-electron chi connectivity index (χ4n) is 1.33. The van der Waals surface area contributed by atoms with Gasteiger partial charge in [0.25, 0.3) is 0 Å². The summed E-state index contributed by atoms with van der Waals surface area (Å²) in [6.07, 6.45) is 3.52. The van der Waals surface area contributed by atoms with Crippen LogP contribution in [-0.4, -0.2) is 9.55 Å². The maximum Gasteiger partial charge on any atom is 0.123 e. The fraction of sp³-hybridized carbons (Fsp3) is 0.182. The van der Waals surface area contributed by atoms with Crippen LogP contribution in [0.25, 0.3) is 5.69 Å². The Morgan fingerprint density at radius 2 is 2.00 bits per heavy atom. The molecule has 0 fully saturated rings. The van der Waals surface area contributed by atoms with Crippen LogP contribution in [0.5, 0.6) is 0 Å². The number of hydrogen-bond acceptors (Lipinski definition) is 2. The summed E-state index contributed by atoms with van der Waals surface area (Å²) < 4.78 is 14.5. The molecule has 15 heavy (non-hydrogen) atoms. The summed E-state index contributed by atoms with van der Waals surface area (Å²) in [5.74, 6) is -0.244. The Morgan fingerprint density at radius 3 is 2.53 bits per heavy atom. The summed E-state index contributed by atoms with van der Waals surface area (Å²) in [4.78, 5) is 4.16. The normalized spacial score (nSPS) is 12.7. The van der Waals surface area contributed by atoms with Gasteiger partial charge in [0.1, 0.15) is 5.82 Å². The van der Waals surface area contributed by atoms with Crippen molar-refractivity contribution in [2.24, 2.45) is 5.73 Å². The van der Waals surface area contributed by atoms with Crippen molar-refractivity contribution in [3.05, 3.63) is 48.3 Å². The van der Waals surface area contributed by atoms with Crippen molar-refractivity contribution in [2.45, 2.75) is 13.0 Å². The molecule has 0 spiro atoms. The number of halogens is 1. The second-order valence-corrected chi connectivity index (χ2v) is 3.47. The standard InChI is InChI=1S/C11H12FN3/c1-8(13)11-6-15(7-14-11)10-4-2-9(12)3-5-10/h2-8H,13H2,1H3/t8-/m0/s1. The summed E-state index contributed by atoms with van der Waals surface area (Å²) in [5, 5.41) is 0. The number of benzene rings is 1. The van der Waals surface area contributed by atoms with Crippen LogP contribution in [0.4, 0.5) is 4.39 Å². The van der Waals surface area contributed by atoms with Crippen LogP contribution in [0.1, 0.15) is 18.7 Å². The largest absolute Gasteiger partial charge is 0.323 e. The van der Waals surface area contributed by atoms with Crippen molar-refractivity contribution in [1.29, 1.82) is 0 Å². The Hall–Kier alpha value is -1.68. The van der Waals surface area contributed by atoms with E-state index < -0.39 is 0 Å². The maximum atomic E-state index is 12.7. The van der Waals surface area contributed by atoms with Gasteiger partial charge in [-0.25, -0.2) is 9.37 Å². The highest BCUT2D eigenvalue weighted by atomic mass is 19.1. The highest BCUT2D eigenvalue weighted by Gasteiger charge is 2.04. The Balaban J connectivity index is 2.33. The van der Waals surface area contributed by atoms with Gasteiger partial charge in [0, 0.05) is 17.9 Å². The molecule has 0 saturated carbocycles. The van der Waals surface area contributed by atoms with Crippen LogP contribution < -0.4 is 5.73 Å². The summed E-state index contributed by atoms with van der Waals surface area (Å²) in [6.45, 7) is 1.87. The number of imidazole rings is 1. The van der Waals surface area contributed by atoms with E-state index in [-0.39, 0.29) is 11.9 Å². The highest BCUT2D eigenvalue weighted by Crippen LogP contribution is 2.12. The first-order valence-electron chi connectivity index (χ1n) is 4.72. The molecule has 2 aromatic rings. The molecule has 2 rings (SSSR count). The van der Waals surface area contributed by atoms with E-state index in [1.807, 2.05) is 17.7 Å². The van der Waals surface area contributed by atoms with E-state index in [0.717, 1.165) is 11.4 Å². The lowest BCUT2D eigenvalue weighted by Crippen LogP contribution is -2.04. The average Bonchev–Trinajstić information content (AvgIpc) is 2.68. The summed E-state index contributed by atoms with van der Waals surface area (Å²) >= 11 is 0. The number of nitrogens with zero attached hydrogens (tertiary/aromatic N) is 2. The molecule has 4 heteroatoms. The number of hydrogen-bond donors (Lipinski definition) is 1. The third kappa shape index (κ3) is 2.05. The first-order valence-corrected chi connectivity index (χ1v) is 4.72. The first kappa shape index (κ1) is 9.86. The average molecular weight is 205 g/mol. The van der Waals surface area contributed by atoms with Gasteiger partial charge in [-0.1, -0.05) is 0 Å². The fourth-order valence-corrected chi connectivity index (χ4v) is 1.33. The number of nitrogens with two attached hydrogens (primary N) is 1. The van der Waals surface area contributed by atoms with Crippen LogP contribution in [-0.2, 0) is 0 Å². The van der Waals surface area contributed by atoms with Gasteiger partial charge in [0.2, 0.25) is 0 Å². The van der Waals surface area contributed by atoms with Gasteiger partial charge in [-0.3, -0.25) is 0 Å². The Labute approximate surface area is 87.4 Å². The summed E-state index contributed by atoms with van der Waals surface area (Å²) in [5.41, 5.74) is 7.38. The Morgan fingerprint density at radius 1 is 1.33 bits per heavy atom. The van der Waals surface area contributed by atoms with Crippen molar-refractivity contribution in [2.75, 3.05) is 0 Å². The second-order valence-electron chi connectivity index (χ2n) is 3.47. The number of aromatic nitrogens is 2. The van der Waals surface area contributed by atoms with Crippen LogP contribution in [0, 0.1) is 5.82 Å². The molecule has 0 amide bonds. The van der Waals surface area contributed by atoms with E-state index in [4.69, 9.17) is 5.73 Å². The van der Waals surface area contributed by atoms with Crippen LogP contribution in [0.15, 0.2) is 36.8 Å². The van der Waals surface area contributed by atoms with E-state index in [9.17, 15) is 4.39 Å². The third-order valence-corrected chi connectivity index (χ3v) is 2.19. The molecule has 1 aromatic carbocycles. The molecule has 2 N–H and O–H groups in total. The van der Waals surface area contributed by atoms with Gasteiger partial charge < -0.3 is 10.3 Å². The second kappa shape index (κ2) is 3.82. The predicted octanol–water partition coefficient (Wildman–Crippen LogP) is 2.03. The molecule has 78 valence electrons. The van der Waals surface area contributed by atoms with Gasteiger partial charge in [-0.2, -0.15) is 0 Å². The smallest absolute Gasteiger partial charge is 0.123 e. The molecule has 0 unspecified atom stereocenters. The van der Waals surface area contributed by atoms with Crippen LogP contribution in [0.2, 0.25) is 0 Å². The minimum absolute atomic E-state index is 0.0910. The van der Waals surface area contributed by atoms with Crippen molar-refractivity contribution in [3.8, 4) is 5.69 Å². The van der Waals surface area contributed by atoms with Gasteiger partial charge >= 0.3 is 0 Å². The minimum Gasteiger partial charge on any atom is -0.323 e. The minimum atomic E-state index is -0.244. The molecule has 0 aliphatic rings. The van der Waals surface area contributed by atoms with E-state index in [0.29, 0.717) is 0 Å². The lowest BCUT2D eigenvalue weighted by molar-refractivity contribution is 0.627. The molecular formula is C11H12FN3. The molecule has 1 heterocycles. The quantitative estimate of drug-likeness (QED) is 0.815. The van der Waals surface area contributed by atoms with E-state index in [1.165, 1.54) is 12.1 Å². The van der Waals surface area contributed by atoms with Crippen molar-refractivity contribution in [3.63, 3.8) is 0 Å². The van der Waals surface area contributed by atoms with Gasteiger partial charge in [-0.15, -0.1) is 0 Å². The van der Waals surface area contributed by atoms with Crippen LogP contribution >= 0.6 is 0 Å². The zero-order valence-electron chi connectivity index (χ0n) is 8.39. The van der Waals surface area contributed by atoms with E-state index in [2.05, 4.69) is 4.98 Å². The first-order chi connectivity index (χ1) is 7.16. The molecular weight excluding hydrogens is 193 g/mol. The lowest BCUT2D eigenvalue weighted by Gasteiger charge is -2.01. The Kier molecular flexibility index (Phi) is 2.51. The zero-order chi connectivity index (χ0) is 10.8. The molecule has 1 aromatic heterocycles. The van der Waals surface area contributed by atoms with E-state index >= 15 is 0 Å². The number of rotatable bonds is 2. The molecule has 0 aliphatic carbocycles. The molecule has 0 bridgehead atoms. The molecule has 0 aliphatic heterocycles. The van der Waals surface area contributed by atoms with Gasteiger partial charge in [0.15, 0.2) is 0 Å². The maximum absolute atomic E-state index is 12.7. The zero-order valence-corrected chi connectivity index (χ0v) is 8.39. The van der Waals surface area contributed by atoms with Crippen molar-refractivity contribution in [1.82, 2.24) is 9.55 Å². The monoisotopic (exact) mass is 205 g/mol. The Bertz CT molecular complexity index is 445. The summed E-state index contributed by atoms with van der Waals surface area (Å²) in [6, 6.07) is 6.14. The van der Waals surface area contributed by atoms with Crippen LogP contribution in [0.3, 0.4) is 0 Å². The topological polar surface area (TPSA) is 43.8 Å². The molecule has 0 radical (unpaired) electrons. The van der Waals surface area contributed by atoms with E-state index in [1.54, 1.807) is 18.5 Å². The van der Waals surface area contributed by atoms with Crippen molar-refractivity contribution < 1.29 is 4.39 Å². The third-order valence-electron chi connectivity index (χ3n) is 2.19. The summed E-state index contributed by atoms with van der Waals surface area (Å²) in [7, 11) is 0. The molecule has 0 saturated heterocycles. The predicted molar refractivity (Wildman–Crippen MR) is 56.1 cm³/mol.